The number of benzene rings is 3. The number of aromatic nitrogens is 1. The molecule has 4 rings (SSSR count). The number of halogens is 2. The first-order valence-electron chi connectivity index (χ1n) is 12.2. The molecule has 0 aliphatic rings. The van der Waals surface area contributed by atoms with Gasteiger partial charge in [0.05, 0.1) is 5.69 Å². The number of fused-ring (bicyclic) bond motifs is 1. The van der Waals surface area contributed by atoms with Crippen molar-refractivity contribution >= 4 is 44.5 Å². The first-order valence-corrected chi connectivity index (χ1v) is 13.0. The smallest absolute Gasteiger partial charge is 0.322 e. The molecule has 37 heavy (non-hydrogen) atoms. The number of amides is 3. The lowest BCUT2D eigenvalue weighted by molar-refractivity contribution is -0.132. The summed E-state index contributed by atoms with van der Waals surface area (Å²) in [7, 11) is 0. The van der Waals surface area contributed by atoms with Gasteiger partial charge >= 0.3 is 6.03 Å². The molecule has 0 aliphatic carbocycles. The minimum atomic E-state index is -0.353. The number of aromatic amines is 1. The Balaban J connectivity index is 1.51. The van der Waals surface area contributed by atoms with Gasteiger partial charge in [-0.15, -0.1) is 0 Å². The molecule has 0 aliphatic heterocycles. The van der Waals surface area contributed by atoms with Crippen molar-refractivity contribution in [3.8, 4) is 0 Å². The van der Waals surface area contributed by atoms with E-state index in [4.69, 9.17) is 0 Å². The first kappa shape index (κ1) is 26.4. The summed E-state index contributed by atoms with van der Waals surface area (Å²) in [5, 5.41) is 4.01. The maximum absolute atomic E-state index is 13.6. The van der Waals surface area contributed by atoms with Crippen LogP contribution in [0.4, 0.5) is 14.9 Å². The molecular weight excluding hydrogens is 535 g/mol. The van der Waals surface area contributed by atoms with E-state index in [0.717, 1.165) is 26.5 Å². The molecule has 0 radical (unpaired) electrons. The molecule has 4 aromatic rings. The van der Waals surface area contributed by atoms with Gasteiger partial charge in [0.15, 0.2) is 0 Å². The molecule has 1 aromatic heterocycles. The van der Waals surface area contributed by atoms with Crippen LogP contribution in [0.25, 0.3) is 10.9 Å². The second-order valence-corrected chi connectivity index (χ2v) is 10.0. The van der Waals surface area contributed by atoms with Crippen LogP contribution in [0.1, 0.15) is 25.0 Å². The third-order valence-electron chi connectivity index (χ3n) is 6.27. The highest BCUT2D eigenvalue weighted by atomic mass is 79.9. The zero-order chi connectivity index (χ0) is 26.4. The SMILES string of the molecule is CC(C)N(CC(=O)N(CCc1c[nH]c2ccccc12)Cc1ccc(F)cc1)C(=O)Nc1ccccc1Br. The van der Waals surface area contributed by atoms with Crippen molar-refractivity contribution in [2.45, 2.75) is 32.9 Å². The number of hydrogen-bond acceptors (Lipinski definition) is 2. The van der Waals surface area contributed by atoms with E-state index in [9.17, 15) is 14.0 Å². The average Bonchev–Trinajstić information content (AvgIpc) is 3.30. The Hall–Kier alpha value is -3.65. The quantitative estimate of drug-likeness (QED) is 0.241. The van der Waals surface area contributed by atoms with Crippen LogP contribution in [0.5, 0.6) is 0 Å². The fourth-order valence-electron chi connectivity index (χ4n) is 4.18. The van der Waals surface area contributed by atoms with Crippen LogP contribution in [0.15, 0.2) is 83.5 Å². The Morgan fingerprint density at radius 2 is 1.70 bits per heavy atom. The number of urea groups is 1. The summed E-state index contributed by atoms with van der Waals surface area (Å²) in [6.07, 6.45) is 2.61. The highest BCUT2D eigenvalue weighted by molar-refractivity contribution is 9.10. The number of nitrogens with zero attached hydrogens (tertiary/aromatic N) is 2. The van der Waals surface area contributed by atoms with E-state index in [0.29, 0.717) is 25.2 Å². The third kappa shape index (κ3) is 6.77. The molecule has 0 fully saturated rings. The molecule has 0 spiro atoms. The number of rotatable bonds is 9. The summed E-state index contributed by atoms with van der Waals surface area (Å²) in [6.45, 7) is 4.45. The summed E-state index contributed by atoms with van der Waals surface area (Å²) in [4.78, 5) is 33.2. The normalized spacial score (nSPS) is 11.1. The van der Waals surface area contributed by atoms with E-state index in [2.05, 4.69) is 32.3 Å². The van der Waals surface area contributed by atoms with E-state index >= 15 is 0 Å². The van der Waals surface area contributed by atoms with Crippen molar-refractivity contribution in [3.05, 3.63) is 100 Å². The summed E-state index contributed by atoms with van der Waals surface area (Å²) in [5.74, 6) is -0.504. The Labute approximate surface area is 224 Å². The predicted molar refractivity (Wildman–Crippen MR) is 149 cm³/mol. The number of nitrogens with one attached hydrogen (secondary N) is 2. The van der Waals surface area contributed by atoms with Gasteiger partial charge in [-0.3, -0.25) is 4.79 Å². The zero-order valence-corrected chi connectivity index (χ0v) is 22.5. The van der Waals surface area contributed by atoms with Crippen LogP contribution < -0.4 is 5.32 Å². The number of para-hydroxylation sites is 2. The maximum Gasteiger partial charge on any atom is 0.322 e. The van der Waals surface area contributed by atoms with Gasteiger partial charge in [0.2, 0.25) is 5.91 Å². The number of anilines is 1. The molecule has 2 N–H and O–H groups in total. The second kappa shape index (κ2) is 12.1. The topological polar surface area (TPSA) is 68.4 Å². The van der Waals surface area contributed by atoms with Crippen molar-refractivity contribution in [1.29, 1.82) is 0 Å². The highest BCUT2D eigenvalue weighted by Gasteiger charge is 2.24. The molecule has 6 nitrogen and oxygen atoms in total. The van der Waals surface area contributed by atoms with Crippen LogP contribution in [0.2, 0.25) is 0 Å². The van der Waals surface area contributed by atoms with E-state index in [-0.39, 0.29) is 30.3 Å². The van der Waals surface area contributed by atoms with Crippen molar-refractivity contribution in [2.24, 2.45) is 0 Å². The van der Waals surface area contributed by atoms with Gasteiger partial charge in [0.1, 0.15) is 12.4 Å². The Morgan fingerprint density at radius 3 is 2.43 bits per heavy atom. The van der Waals surface area contributed by atoms with Gasteiger partial charge < -0.3 is 20.1 Å². The average molecular weight is 565 g/mol. The molecule has 0 saturated heterocycles. The number of hydrogen-bond donors (Lipinski definition) is 2. The fourth-order valence-corrected chi connectivity index (χ4v) is 4.56. The van der Waals surface area contributed by atoms with Crippen molar-refractivity contribution in [2.75, 3.05) is 18.4 Å². The Kier molecular flexibility index (Phi) is 8.61. The van der Waals surface area contributed by atoms with Crippen molar-refractivity contribution in [3.63, 3.8) is 0 Å². The van der Waals surface area contributed by atoms with Crippen LogP contribution in [0, 0.1) is 5.82 Å². The van der Waals surface area contributed by atoms with Gasteiger partial charge in [0, 0.05) is 40.7 Å². The summed E-state index contributed by atoms with van der Waals surface area (Å²) in [5.41, 5.74) is 3.61. The number of carbonyl (C=O) groups is 2. The van der Waals surface area contributed by atoms with Crippen LogP contribution >= 0.6 is 15.9 Å². The minimum absolute atomic E-state index is 0.0803. The van der Waals surface area contributed by atoms with Gasteiger partial charge in [-0.2, -0.15) is 0 Å². The van der Waals surface area contributed by atoms with Crippen LogP contribution in [0.3, 0.4) is 0 Å². The molecule has 1 heterocycles. The molecule has 0 saturated carbocycles. The molecule has 0 bridgehead atoms. The van der Waals surface area contributed by atoms with Gasteiger partial charge in [-0.05, 0) is 77.7 Å². The fraction of sp³-hybridized carbons (Fsp3) is 0.241. The van der Waals surface area contributed by atoms with Crippen LogP contribution in [-0.4, -0.2) is 45.9 Å². The van der Waals surface area contributed by atoms with Gasteiger partial charge in [-0.1, -0.05) is 42.5 Å². The largest absolute Gasteiger partial charge is 0.361 e. The first-order chi connectivity index (χ1) is 17.8. The zero-order valence-electron chi connectivity index (χ0n) is 20.9. The highest BCUT2D eigenvalue weighted by Crippen LogP contribution is 2.22. The minimum Gasteiger partial charge on any atom is -0.361 e. The van der Waals surface area contributed by atoms with E-state index in [1.165, 1.54) is 17.0 Å². The van der Waals surface area contributed by atoms with E-state index < -0.39 is 0 Å². The summed E-state index contributed by atoms with van der Waals surface area (Å²) in [6, 6.07) is 21.0. The second-order valence-electron chi connectivity index (χ2n) is 9.18. The lowest BCUT2D eigenvalue weighted by Crippen LogP contribution is -2.47. The lowest BCUT2D eigenvalue weighted by atomic mass is 10.1. The monoisotopic (exact) mass is 564 g/mol. The molecule has 3 amide bonds. The van der Waals surface area contributed by atoms with E-state index in [1.54, 1.807) is 23.1 Å². The van der Waals surface area contributed by atoms with Gasteiger partial charge in [-0.25, -0.2) is 9.18 Å². The lowest BCUT2D eigenvalue weighted by Gasteiger charge is -2.30. The number of H-pyrrole nitrogens is 1. The third-order valence-corrected chi connectivity index (χ3v) is 6.96. The molecule has 8 heteroatoms. The number of carbonyl (C=O) groups excluding carboxylic acids is 2. The molecule has 192 valence electrons. The molecule has 0 unspecified atom stereocenters. The van der Waals surface area contributed by atoms with Crippen molar-refractivity contribution < 1.29 is 14.0 Å². The standard InChI is InChI=1S/C29H30BrFN4O2/c1-20(2)35(29(37)33-27-10-6-4-8-25(27)30)19-28(36)34(18-21-11-13-23(31)14-12-21)16-15-22-17-32-26-9-5-3-7-24(22)26/h3-14,17,20,32H,15-16,18-19H2,1-2H3,(H,33,37). The summed E-state index contributed by atoms with van der Waals surface area (Å²) >= 11 is 3.45. The van der Waals surface area contributed by atoms with Crippen molar-refractivity contribution in [1.82, 2.24) is 14.8 Å². The Bertz CT molecular complexity index is 1370. The maximum atomic E-state index is 13.6. The molecule has 0 atom stereocenters. The van der Waals surface area contributed by atoms with Gasteiger partial charge in [0.25, 0.3) is 0 Å². The Morgan fingerprint density at radius 1 is 1.00 bits per heavy atom. The summed E-state index contributed by atoms with van der Waals surface area (Å²) < 4.78 is 14.2. The van der Waals surface area contributed by atoms with E-state index in [1.807, 2.05) is 56.4 Å². The molecular formula is C29H30BrFN4O2. The molecule has 3 aromatic carbocycles. The predicted octanol–water partition coefficient (Wildman–Crippen LogP) is 6.58. The van der Waals surface area contributed by atoms with Crippen LogP contribution in [-0.2, 0) is 17.8 Å².